The molecule has 1 fully saturated rings. The van der Waals surface area contributed by atoms with Gasteiger partial charge in [-0.3, -0.25) is 4.79 Å². The Hall–Kier alpha value is -1.10. The fourth-order valence-electron chi connectivity index (χ4n) is 1.37. The van der Waals surface area contributed by atoms with E-state index in [-0.39, 0.29) is 12.8 Å². The minimum atomic E-state index is -1.48. The van der Waals surface area contributed by atoms with E-state index in [9.17, 15) is 14.7 Å². The molecule has 1 saturated heterocycles. The molecule has 5 nitrogen and oxygen atoms in total. The zero-order chi connectivity index (χ0) is 10.1. The van der Waals surface area contributed by atoms with Gasteiger partial charge >= 0.3 is 11.9 Å². The number of ether oxygens (including phenoxy) is 2. The Kier molecular flexibility index (Phi) is 2.56. The molecule has 74 valence electrons. The minimum absolute atomic E-state index is 0.139. The van der Waals surface area contributed by atoms with Gasteiger partial charge in [-0.2, -0.15) is 0 Å². The SMILES string of the molecule is COC(=O)C1(C(C)O)CCC(=O)O1. The number of cyclic esters (lactones) is 1. The fraction of sp³-hybridized carbons (Fsp3) is 0.750. The van der Waals surface area contributed by atoms with Crippen molar-refractivity contribution < 1.29 is 24.2 Å². The number of carbonyl (C=O) groups is 2. The lowest BCUT2D eigenvalue weighted by molar-refractivity contribution is -0.183. The Morgan fingerprint density at radius 2 is 2.38 bits per heavy atom. The van der Waals surface area contributed by atoms with Gasteiger partial charge in [-0.1, -0.05) is 0 Å². The first kappa shape index (κ1) is 9.98. The third-order valence-corrected chi connectivity index (χ3v) is 2.20. The highest BCUT2D eigenvalue weighted by Gasteiger charge is 2.52. The summed E-state index contributed by atoms with van der Waals surface area (Å²) < 4.78 is 9.27. The Bertz CT molecular complexity index is 235. The largest absolute Gasteiger partial charge is 0.466 e. The van der Waals surface area contributed by atoms with E-state index in [1.54, 1.807) is 0 Å². The van der Waals surface area contributed by atoms with E-state index in [0.29, 0.717) is 0 Å². The van der Waals surface area contributed by atoms with Crippen molar-refractivity contribution in [3.63, 3.8) is 0 Å². The Morgan fingerprint density at radius 1 is 1.77 bits per heavy atom. The quantitative estimate of drug-likeness (QED) is 0.598. The molecule has 0 aliphatic carbocycles. The molecule has 5 heteroatoms. The number of rotatable bonds is 2. The van der Waals surface area contributed by atoms with Crippen LogP contribution in [0.3, 0.4) is 0 Å². The Balaban J connectivity index is 2.89. The van der Waals surface area contributed by atoms with Crippen LogP contribution in [-0.2, 0) is 19.1 Å². The summed E-state index contributed by atoms with van der Waals surface area (Å²) in [6.07, 6.45) is -0.734. The van der Waals surface area contributed by atoms with Gasteiger partial charge in [-0.25, -0.2) is 4.79 Å². The molecule has 1 aliphatic rings. The molecular weight excluding hydrogens is 176 g/mol. The van der Waals surface area contributed by atoms with E-state index in [0.717, 1.165) is 0 Å². The highest BCUT2D eigenvalue weighted by Crippen LogP contribution is 2.31. The van der Waals surface area contributed by atoms with E-state index in [1.807, 2.05) is 0 Å². The molecule has 0 aromatic rings. The number of hydrogen-bond donors (Lipinski definition) is 1. The molecule has 1 N–H and O–H groups in total. The number of hydrogen-bond acceptors (Lipinski definition) is 5. The summed E-state index contributed by atoms with van der Waals surface area (Å²) in [5.74, 6) is -1.18. The zero-order valence-corrected chi connectivity index (χ0v) is 7.57. The zero-order valence-electron chi connectivity index (χ0n) is 7.57. The maximum absolute atomic E-state index is 11.3. The summed E-state index contributed by atoms with van der Waals surface area (Å²) >= 11 is 0. The van der Waals surface area contributed by atoms with Crippen molar-refractivity contribution in [3.8, 4) is 0 Å². The lowest BCUT2D eigenvalue weighted by Crippen LogP contribution is -2.48. The van der Waals surface area contributed by atoms with E-state index < -0.39 is 23.6 Å². The van der Waals surface area contributed by atoms with Gasteiger partial charge in [0.1, 0.15) is 6.10 Å². The van der Waals surface area contributed by atoms with Crippen LogP contribution in [0.15, 0.2) is 0 Å². The van der Waals surface area contributed by atoms with Crippen molar-refractivity contribution >= 4 is 11.9 Å². The number of carbonyl (C=O) groups excluding carboxylic acids is 2. The lowest BCUT2D eigenvalue weighted by Gasteiger charge is -2.26. The molecule has 0 aromatic heterocycles. The van der Waals surface area contributed by atoms with Crippen molar-refractivity contribution in [1.29, 1.82) is 0 Å². The lowest BCUT2D eigenvalue weighted by atomic mass is 9.94. The van der Waals surface area contributed by atoms with Gasteiger partial charge in [0.2, 0.25) is 5.60 Å². The van der Waals surface area contributed by atoms with Crippen molar-refractivity contribution in [2.45, 2.75) is 31.5 Å². The molecule has 1 rings (SSSR count). The maximum atomic E-state index is 11.3. The number of aliphatic hydroxyl groups is 1. The van der Waals surface area contributed by atoms with E-state index in [2.05, 4.69) is 4.74 Å². The highest BCUT2D eigenvalue weighted by molar-refractivity contribution is 5.87. The summed E-state index contributed by atoms with van der Waals surface area (Å²) in [5, 5.41) is 9.34. The van der Waals surface area contributed by atoms with Gasteiger partial charge in [-0.05, 0) is 6.92 Å². The first-order chi connectivity index (χ1) is 6.03. The van der Waals surface area contributed by atoms with Crippen LogP contribution in [0.25, 0.3) is 0 Å². The molecule has 0 aromatic carbocycles. The monoisotopic (exact) mass is 188 g/mol. The second-order valence-electron chi connectivity index (χ2n) is 3.03. The molecule has 0 saturated carbocycles. The molecule has 0 bridgehead atoms. The molecule has 1 heterocycles. The van der Waals surface area contributed by atoms with Gasteiger partial charge in [-0.15, -0.1) is 0 Å². The van der Waals surface area contributed by atoms with Crippen molar-refractivity contribution in [1.82, 2.24) is 0 Å². The van der Waals surface area contributed by atoms with Crippen LogP contribution in [0.1, 0.15) is 19.8 Å². The summed E-state index contributed by atoms with van der Waals surface area (Å²) in [5.41, 5.74) is -1.48. The van der Waals surface area contributed by atoms with Gasteiger partial charge in [0, 0.05) is 6.42 Å². The van der Waals surface area contributed by atoms with Crippen LogP contribution in [0, 0.1) is 0 Å². The molecule has 2 atom stereocenters. The van der Waals surface area contributed by atoms with Crippen LogP contribution >= 0.6 is 0 Å². The van der Waals surface area contributed by atoms with Crippen LogP contribution in [0.2, 0.25) is 0 Å². The first-order valence-corrected chi connectivity index (χ1v) is 4.01. The standard InChI is InChI=1S/C8H12O5/c1-5(9)8(7(11)12-2)4-3-6(10)13-8/h5,9H,3-4H2,1-2H3. The van der Waals surface area contributed by atoms with Gasteiger partial charge < -0.3 is 14.6 Å². The molecule has 0 spiro atoms. The van der Waals surface area contributed by atoms with E-state index in [1.165, 1.54) is 14.0 Å². The van der Waals surface area contributed by atoms with Crippen molar-refractivity contribution in [2.24, 2.45) is 0 Å². The maximum Gasteiger partial charge on any atom is 0.353 e. The average Bonchev–Trinajstić information content (AvgIpc) is 2.47. The summed E-state index contributed by atoms with van der Waals surface area (Å²) in [6, 6.07) is 0. The summed E-state index contributed by atoms with van der Waals surface area (Å²) in [4.78, 5) is 22.1. The smallest absolute Gasteiger partial charge is 0.353 e. The molecule has 0 radical (unpaired) electrons. The second-order valence-corrected chi connectivity index (χ2v) is 3.03. The Labute approximate surface area is 75.6 Å². The minimum Gasteiger partial charge on any atom is -0.466 e. The molecule has 0 amide bonds. The van der Waals surface area contributed by atoms with Crippen LogP contribution in [0.5, 0.6) is 0 Å². The number of esters is 2. The highest BCUT2D eigenvalue weighted by atomic mass is 16.6. The fourth-order valence-corrected chi connectivity index (χ4v) is 1.37. The first-order valence-electron chi connectivity index (χ1n) is 4.01. The van der Waals surface area contributed by atoms with E-state index in [4.69, 9.17) is 4.74 Å². The molecule has 2 unspecified atom stereocenters. The Morgan fingerprint density at radius 3 is 2.69 bits per heavy atom. The topological polar surface area (TPSA) is 72.8 Å². The predicted molar refractivity (Wildman–Crippen MR) is 41.8 cm³/mol. The second kappa shape index (κ2) is 3.33. The van der Waals surface area contributed by atoms with Crippen LogP contribution in [0.4, 0.5) is 0 Å². The summed E-state index contributed by atoms with van der Waals surface area (Å²) in [7, 11) is 1.19. The van der Waals surface area contributed by atoms with Gasteiger partial charge in [0.15, 0.2) is 0 Å². The van der Waals surface area contributed by atoms with Crippen molar-refractivity contribution in [3.05, 3.63) is 0 Å². The molecule has 13 heavy (non-hydrogen) atoms. The van der Waals surface area contributed by atoms with Crippen LogP contribution < -0.4 is 0 Å². The predicted octanol–water partition coefficient (Wildman–Crippen LogP) is -0.384. The van der Waals surface area contributed by atoms with Gasteiger partial charge in [0.25, 0.3) is 0 Å². The normalized spacial score (nSPS) is 29.6. The van der Waals surface area contributed by atoms with E-state index >= 15 is 0 Å². The number of aliphatic hydroxyl groups excluding tert-OH is 1. The number of methoxy groups -OCH3 is 1. The summed E-state index contributed by atoms with van der Waals surface area (Å²) in [6.45, 7) is 1.40. The van der Waals surface area contributed by atoms with Crippen LogP contribution in [-0.4, -0.2) is 35.9 Å². The molecule has 1 aliphatic heterocycles. The molecular formula is C8H12O5. The average molecular weight is 188 g/mol. The third-order valence-electron chi connectivity index (χ3n) is 2.20. The third kappa shape index (κ3) is 1.51. The van der Waals surface area contributed by atoms with Gasteiger partial charge in [0.05, 0.1) is 13.5 Å². The van der Waals surface area contributed by atoms with Crippen molar-refractivity contribution in [2.75, 3.05) is 7.11 Å².